The minimum absolute atomic E-state index is 0.104. The summed E-state index contributed by atoms with van der Waals surface area (Å²) >= 11 is 0. The molecular formula is C11H17NO2S. The molecule has 0 radical (unpaired) electrons. The number of aromatic nitrogens is 1. The summed E-state index contributed by atoms with van der Waals surface area (Å²) in [6.45, 7) is 5.78. The molecule has 1 heterocycles. The number of sulfone groups is 1. The summed E-state index contributed by atoms with van der Waals surface area (Å²) in [5, 5.41) is 0. The van der Waals surface area contributed by atoms with Crippen molar-refractivity contribution in [3.8, 4) is 0 Å². The van der Waals surface area contributed by atoms with E-state index < -0.39 is 9.84 Å². The van der Waals surface area contributed by atoms with Crippen LogP contribution in [0.1, 0.15) is 26.3 Å². The van der Waals surface area contributed by atoms with Crippen molar-refractivity contribution in [3.63, 3.8) is 0 Å². The van der Waals surface area contributed by atoms with Gasteiger partial charge in [-0.3, -0.25) is 4.98 Å². The van der Waals surface area contributed by atoms with Crippen molar-refractivity contribution >= 4 is 9.84 Å². The quantitative estimate of drug-likeness (QED) is 0.794. The fraction of sp³-hybridized carbons (Fsp3) is 0.545. The zero-order valence-electron chi connectivity index (χ0n) is 9.40. The van der Waals surface area contributed by atoms with E-state index in [9.17, 15) is 8.42 Å². The first kappa shape index (κ1) is 12.2. The van der Waals surface area contributed by atoms with Gasteiger partial charge in [-0.05, 0) is 23.1 Å². The van der Waals surface area contributed by atoms with Crippen LogP contribution in [0.25, 0.3) is 0 Å². The lowest BCUT2D eigenvalue weighted by molar-refractivity contribution is 0.461. The third-order valence-electron chi connectivity index (χ3n) is 1.79. The summed E-state index contributed by atoms with van der Waals surface area (Å²) in [5.74, 6) is 0.315. The van der Waals surface area contributed by atoms with Crippen LogP contribution in [0.4, 0.5) is 0 Å². The Morgan fingerprint density at radius 2 is 1.73 bits per heavy atom. The van der Waals surface area contributed by atoms with E-state index in [1.54, 1.807) is 24.5 Å². The van der Waals surface area contributed by atoms with E-state index in [0.29, 0.717) is 0 Å². The highest BCUT2D eigenvalue weighted by molar-refractivity contribution is 7.90. The van der Waals surface area contributed by atoms with E-state index in [-0.39, 0.29) is 16.9 Å². The summed E-state index contributed by atoms with van der Waals surface area (Å²) in [7, 11) is -3.02. The van der Waals surface area contributed by atoms with Gasteiger partial charge in [0, 0.05) is 12.4 Å². The first-order valence-electron chi connectivity index (χ1n) is 4.88. The van der Waals surface area contributed by atoms with Gasteiger partial charge >= 0.3 is 0 Å². The molecule has 0 aliphatic rings. The first-order valence-corrected chi connectivity index (χ1v) is 6.70. The lowest BCUT2D eigenvalue weighted by atomic mass is 10.0. The third kappa shape index (κ3) is 4.93. The number of hydrogen-bond acceptors (Lipinski definition) is 3. The van der Waals surface area contributed by atoms with Crippen LogP contribution < -0.4 is 0 Å². The minimum atomic E-state index is -3.02. The zero-order valence-corrected chi connectivity index (χ0v) is 10.2. The minimum Gasteiger partial charge on any atom is -0.265 e. The van der Waals surface area contributed by atoms with Crippen molar-refractivity contribution in [1.82, 2.24) is 4.98 Å². The second kappa shape index (κ2) is 4.31. The smallest absolute Gasteiger partial charge is 0.154 e. The monoisotopic (exact) mass is 227 g/mol. The molecule has 1 aromatic heterocycles. The van der Waals surface area contributed by atoms with Gasteiger partial charge in [-0.15, -0.1) is 0 Å². The number of hydrogen-bond donors (Lipinski definition) is 0. The second-order valence-corrected chi connectivity index (χ2v) is 7.01. The van der Waals surface area contributed by atoms with Crippen LogP contribution >= 0.6 is 0 Å². The average molecular weight is 227 g/mol. The Kier molecular flexibility index (Phi) is 3.50. The highest BCUT2D eigenvalue weighted by Crippen LogP contribution is 2.18. The number of rotatable bonds is 3. The van der Waals surface area contributed by atoms with Crippen molar-refractivity contribution < 1.29 is 8.42 Å². The first-order chi connectivity index (χ1) is 6.79. The lowest BCUT2D eigenvalue weighted by Gasteiger charge is -2.17. The van der Waals surface area contributed by atoms with Crippen molar-refractivity contribution in [1.29, 1.82) is 0 Å². The Balaban J connectivity index is 2.74. The van der Waals surface area contributed by atoms with Gasteiger partial charge in [0.1, 0.15) is 0 Å². The van der Waals surface area contributed by atoms with Crippen molar-refractivity contribution in [3.05, 3.63) is 30.1 Å². The van der Waals surface area contributed by atoms with Crippen LogP contribution in [0.3, 0.4) is 0 Å². The van der Waals surface area contributed by atoms with E-state index in [4.69, 9.17) is 0 Å². The summed E-state index contributed by atoms with van der Waals surface area (Å²) in [6.07, 6.45) is 3.23. The van der Waals surface area contributed by atoms with Crippen LogP contribution in [-0.4, -0.2) is 19.2 Å². The SMILES string of the molecule is CC(C)(C)CS(=O)(=O)Cc1ccncc1. The Labute approximate surface area is 91.5 Å². The predicted octanol–water partition coefficient (Wildman–Crippen LogP) is 2.04. The van der Waals surface area contributed by atoms with E-state index in [2.05, 4.69) is 4.98 Å². The molecule has 0 aliphatic heterocycles. The van der Waals surface area contributed by atoms with Crippen LogP contribution in [0.2, 0.25) is 0 Å². The van der Waals surface area contributed by atoms with E-state index >= 15 is 0 Å². The Hall–Kier alpha value is -0.900. The maximum Gasteiger partial charge on any atom is 0.154 e. The Morgan fingerprint density at radius 3 is 2.20 bits per heavy atom. The molecule has 0 amide bonds. The fourth-order valence-corrected chi connectivity index (χ4v) is 3.57. The largest absolute Gasteiger partial charge is 0.265 e. The standard InChI is InChI=1S/C11H17NO2S/c1-11(2,3)9-15(13,14)8-10-4-6-12-7-5-10/h4-7H,8-9H2,1-3H3. The van der Waals surface area contributed by atoms with Crippen LogP contribution in [0.15, 0.2) is 24.5 Å². The molecule has 1 aromatic rings. The molecule has 15 heavy (non-hydrogen) atoms. The molecule has 0 spiro atoms. The van der Waals surface area contributed by atoms with Gasteiger partial charge in [-0.2, -0.15) is 0 Å². The van der Waals surface area contributed by atoms with Gasteiger partial charge in [-0.1, -0.05) is 20.8 Å². The molecule has 3 nitrogen and oxygen atoms in total. The maximum atomic E-state index is 11.8. The highest BCUT2D eigenvalue weighted by Gasteiger charge is 2.21. The molecule has 1 rings (SSSR count). The number of nitrogens with zero attached hydrogens (tertiary/aromatic N) is 1. The summed E-state index contributed by atoms with van der Waals surface area (Å²) in [6, 6.07) is 3.47. The van der Waals surface area contributed by atoms with E-state index in [0.717, 1.165) is 5.56 Å². The second-order valence-electron chi connectivity index (χ2n) is 4.95. The molecule has 0 unspecified atom stereocenters. The molecular weight excluding hydrogens is 210 g/mol. The molecule has 0 aliphatic carbocycles. The molecule has 0 N–H and O–H groups in total. The molecule has 0 saturated heterocycles. The van der Waals surface area contributed by atoms with Crippen LogP contribution in [0.5, 0.6) is 0 Å². The molecule has 0 fully saturated rings. The summed E-state index contributed by atoms with van der Waals surface area (Å²) in [5.41, 5.74) is 0.612. The van der Waals surface area contributed by atoms with Crippen molar-refractivity contribution in [2.75, 3.05) is 5.75 Å². The molecule has 0 atom stereocenters. The normalized spacial score (nSPS) is 12.7. The highest BCUT2D eigenvalue weighted by atomic mass is 32.2. The number of pyridine rings is 1. The molecule has 0 aromatic carbocycles. The summed E-state index contributed by atoms with van der Waals surface area (Å²) in [4.78, 5) is 3.86. The zero-order chi connectivity index (χ0) is 11.5. The van der Waals surface area contributed by atoms with Gasteiger partial charge in [0.05, 0.1) is 11.5 Å². The van der Waals surface area contributed by atoms with Gasteiger partial charge in [0.2, 0.25) is 0 Å². The van der Waals surface area contributed by atoms with Gasteiger partial charge in [-0.25, -0.2) is 8.42 Å². The van der Waals surface area contributed by atoms with Gasteiger partial charge in [0.15, 0.2) is 9.84 Å². The van der Waals surface area contributed by atoms with Crippen molar-refractivity contribution in [2.24, 2.45) is 5.41 Å². The van der Waals surface area contributed by atoms with E-state index in [1.807, 2.05) is 20.8 Å². The Bertz CT molecular complexity index is 404. The van der Waals surface area contributed by atoms with Crippen LogP contribution in [0, 0.1) is 5.41 Å². The maximum absolute atomic E-state index is 11.8. The lowest BCUT2D eigenvalue weighted by Crippen LogP contribution is -2.21. The van der Waals surface area contributed by atoms with Gasteiger partial charge < -0.3 is 0 Å². The third-order valence-corrected chi connectivity index (χ3v) is 3.87. The predicted molar refractivity (Wildman–Crippen MR) is 61.2 cm³/mol. The van der Waals surface area contributed by atoms with Crippen LogP contribution in [-0.2, 0) is 15.6 Å². The van der Waals surface area contributed by atoms with E-state index in [1.165, 1.54) is 0 Å². The Morgan fingerprint density at radius 1 is 1.20 bits per heavy atom. The molecule has 84 valence electrons. The molecule has 0 saturated carbocycles. The fourth-order valence-electron chi connectivity index (χ4n) is 1.44. The molecule has 0 bridgehead atoms. The topological polar surface area (TPSA) is 47.0 Å². The molecule has 4 heteroatoms. The summed E-state index contributed by atoms with van der Waals surface area (Å²) < 4.78 is 23.6. The van der Waals surface area contributed by atoms with Gasteiger partial charge in [0.25, 0.3) is 0 Å². The average Bonchev–Trinajstić information content (AvgIpc) is 1.99. The van der Waals surface area contributed by atoms with Crippen molar-refractivity contribution in [2.45, 2.75) is 26.5 Å².